The fourth-order valence-corrected chi connectivity index (χ4v) is 3.48. The number of rotatable bonds is 7. The van der Waals surface area contributed by atoms with E-state index in [1.165, 1.54) is 6.07 Å². The van der Waals surface area contributed by atoms with Gasteiger partial charge in [-0.15, -0.1) is 24.0 Å². The molecule has 0 spiro atoms. The molecule has 2 saturated heterocycles. The van der Waals surface area contributed by atoms with E-state index in [1.54, 1.807) is 7.05 Å². The highest BCUT2D eigenvalue weighted by molar-refractivity contribution is 14.0. The average molecular weight is 525 g/mol. The maximum atomic E-state index is 13.2. The molecule has 6 nitrogen and oxygen atoms in total. The third-order valence-corrected chi connectivity index (χ3v) is 5.04. The number of halogens is 3. The van der Waals surface area contributed by atoms with Crippen LogP contribution in [0.25, 0.3) is 0 Å². The summed E-state index contributed by atoms with van der Waals surface area (Å²) < 4.78 is 43.2. The molecule has 2 aliphatic heterocycles. The molecule has 1 aromatic rings. The zero-order valence-corrected chi connectivity index (χ0v) is 19.1. The maximum Gasteiger partial charge on any atom is 0.193 e. The summed E-state index contributed by atoms with van der Waals surface area (Å²) in [4.78, 5) is 6.52. The molecule has 2 heterocycles. The van der Waals surface area contributed by atoms with Gasteiger partial charge in [-0.25, -0.2) is 8.78 Å². The average Bonchev–Trinajstić information content (AvgIpc) is 3.23. The Morgan fingerprint density at radius 2 is 2.03 bits per heavy atom. The van der Waals surface area contributed by atoms with Gasteiger partial charge in [0.1, 0.15) is 12.4 Å². The Bertz CT molecular complexity index is 652. The van der Waals surface area contributed by atoms with Crippen LogP contribution in [0.1, 0.15) is 25.7 Å². The molecule has 1 N–H and O–H groups in total. The van der Waals surface area contributed by atoms with Crippen molar-refractivity contribution in [3.63, 3.8) is 0 Å². The van der Waals surface area contributed by atoms with Crippen LogP contribution in [0.2, 0.25) is 0 Å². The minimum Gasteiger partial charge on any atom is -0.492 e. The summed E-state index contributed by atoms with van der Waals surface area (Å²) in [5, 5.41) is 3.25. The molecule has 0 saturated carbocycles. The van der Waals surface area contributed by atoms with Crippen molar-refractivity contribution in [3.05, 3.63) is 29.8 Å². The number of likely N-dealkylation sites (tertiary alicyclic amines) is 1. The van der Waals surface area contributed by atoms with E-state index in [1.807, 2.05) is 0 Å². The van der Waals surface area contributed by atoms with Crippen LogP contribution in [-0.2, 0) is 9.47 Å². The molecule has 0 aromatic heterocycles. The van der Waals surface area contributed by atoms with Gasteiger partial charge in [0.05, 0.1) is 25.4 Å². The zero-order valence-electron chi connectivity index (χ0n) is 16.7. The Labute approximate surface area is 188 Å². The smallest absolute Gasteiger partial charge is 0.193 e. The minimum atomic E-state index is -0.911. The Hall–Kier alpha value is -1.20. The van der Waals surface area contributed by atoms with Gasteiger partial charge in [0, 0.05) is 32.8 Å². The number of ether oxygens (including phenoxy) is 3. The molecule has 9 heteroatoms. The Morgan fingerprint density at radius 1 is 1.24 bits per heavy atom. The molecule has 0 aliphatic carbocycles. The van der Waals surface area contributed by atoms with Crippen LogP contribution in [0.3, 0.4) is 0 Å². The molecular weight excluding hydrogens is 495 g/mol. The Balaban J connectivity index is 0.00000300. The molecule has 164 valence electrons. The molecule has 2 aliphatic rings. The largest absolute Gasteiger partial charge is 0.492 e. The van der Waals surface area contributed by atoms with Gasteiger partial charge < -0.3 is 24.4 Å². The first kappa shape index (κ1) is 24.1. The quantitative estimate of drug-likeness (QED) is 0.257. The van der Waals surface area contributed by atoms with Crippen LogP contribution in [0.15, 0.2) is 23.2 Å². The number of nitrogens with one attached hydrogen (secondary N) is 1. The highest BCUT2D eigenvalue weighted by Gasteiger charge is 2.24. The standard InChI is InChI=1S/C20H29F2N3O3.HI/c1-23-20(24-8-12-27-16-4-5-18(21)19(22)13-16)25-9-6-15(7-10-25)28-14-17-3-2-11-26-17;/h4-5,13,15,17H,2-3,6-12,14H2,1H3,(H,23,24);1H. The SMILES string of the molecule is CN=C(NCCOc1ccc(F)c(F)c1)N1CCC(OCC2CCCO2)CC1.I. The molecule has 2 fully saturated rings. The molecule has 0 bridgehead atoms. The second-order valence-corrected chi connectivity index (χ2v) is 7.05. The lowest BCUT2D eigenvalue weighted by Crippen LogP contribution is -2.48. The highest BCUT2D eigenvalue weighted by atomic mass is 127. The first-order valence-electron chi connectivity index (χ1n) is 9.92. The Morgan fingerprint density at radius 3 is 2.69 bits per heavy atom. The summed E-state index contributed by atoms with van der Waals surface area (Å²) in [5.41, 5.74) is 0. The third-order valence-electron chi connectivity index (χ3n) is 5.04. The minimum absolute atomic E-state index is 0. The van der Waals surface area contributed by atoms with Crippen molar-refractivity contribution < 1.29 is 23.0 Å². The monoisotopic (exact) mass is 525 g/mol. The van der Waals surface area contributed by atoms with Crippen LogP contribution in [-0.4, -0.2) is 69.6 Å². The number of hydrogen-bond donors (Lipinski definition) is 1. The molecule has 1 aromatic carbocycles. The van der Waals surface area contributed by atoms with Crippen LogP contribution in [0, 0.1) is 11.6 Å². The van der Waals surface area contributed by atoms with Crippen LogP contribution < -0.4 is 10.1 Å². The van der Waals surface area contributed by atoms with Crippen molar-refractivity contribution in [2.75, 3.05) is 46.5 Å². The number of hydrogen-bond acceptors (Lipinski definition) is 4. The van der Waals surface area contributed by atoms with Crippen LogP contribution >= 0.6 is 24.0 Å². The van der Waals surface area contributed by atoms with E-state index >= 15 is 0 Å². The first-order valence-corrected chi connectivity index (χ1v) is 9.92. The normalized spacial score (nSPS) is 20.4. The van der Waals surface area contributed by atoms with E-state index in [4.69, 9.17) is 14.2 Å². The summed E-state index contributed by atoms with van der Waals surface area (Å²) in [6.45, 7) is 4.14. The van der Waals surface area contributed by atoms with Crippen molar-refractivity contribution in [1.29, 1.82) is 0 Å². The molecule has 29 heavy (non-hydrogen) atoms. The predicted octanol–water partition coefficient (Wildman–Crippen LogP) is 3.20. The number of benzene rings is 1. The lowest BCUT2D eigenvalue weighted by atomic mass is 10.1. The zero-order chi connectivity index (χ0) is 19.8. The molecule has 1 atom stereocenters. The lowest BCUT2D eigenvalue weighted by Gasteiger charge is -2.34. The van der Waals surface area contributed by atoms with Crippen molar-refractivity contribution in [3.8, 4) is 5.75 Å². The van der Waals surface area contributed by atoms with Gasteiger partial charge in [-0.05, 0) is 37.8 Å². The van der Waals surface area contributed by atoms with Crippen molar-refractivity contribution in [1.82, 2.24) is 10.2 Å². The number of nitrogens with zero attached hydrogens (tertiary/aromatic N) is 2. The highest BCUT2D eigenvalue weighted by Crippen LogP contribution is 2.18. The van der Waals surface area contributed by atoms with Gasteiger partial charge in [0.15, 0.2) is 17.6 Å². The van der Waals surface area contributed by atoms with Crippen LogP contribution in [0.5, 0.6) is 5.75 Å². The molecule has 3 rings (SSSR count). The van der Waals surface area contributed by atoms with Gasteiger partial charge in [-0.1, -0.05) is 0 Å². The predicted molar refractivity (Wildman–Crippen MR) is 118 cm³/mol. The van der Waals surface area contributed by atoms with E-state index < -0.39 is 11.6 Å². The summed E-state index contributed by atoms with van der Waals surface area (Å²) in [5.74, 6) is -0.675. The molecule has 0 amide bonds. The second kappa shape index (κ2) is 12.5. The first-order chi connectivity index (χ1) is 13.7. The molecular formula is C20H30F2IN3O3. The fourth-order valence-electron chi connectivity index (χ4n) is 3.48. The summed E-state index contributed by atoms with van der Waals surface area (Å²) in [6, 6.07) is 3.52. The van der Waals surface area contributed by atoms with Gasteiger partial charge in [0.25, 0.3) is 0 Å². The number of piperidine rings is 1. The number of guanidine groups is 1. The topological polar surface area (TPSA) is 55.3 Å². The van der Waals surface area contributed by atoms with E-state index in [9.17, 15) is 8.78 Å². The van der Waals surface area contributed by atoms with Crippen molar-refractivity contribution in [2.45, 2.75) is 37.9 Å². The summed E-state index contributed by atoms with van der Waals surface area (Å²) >= 11 is 0. The number of aliphatic imine (C=N–C) groups is 1. The lowest BCUT2D eigenvalue weighted by molar-refractivity contribution is -0.0367. The fraction of sp³-hybridized carbons (Fsp3) is 0.650. The van der Waals surface area contributed by atoms with Crippen LogP contribution in [0.4, 0.5) is 8.78 Å². The second-order valence-electron chi connectivity index (χ2n) is 7.05. The molecule has 1 unspecified atom stereocenters. The van der Waals surface area contributed by atoms with Gasteiger partial charge >= 0.3 is 0 Å². The van der Waals surface area contributed by atoms with E-state index in [-0.39, 0.29) is 36.2 Å². The van der Waals surface area contributed by atoms with E-state index in [0.29, 0.717) is 25.5 Å². The van der Waals surface area contributed by atoms with Gasteiger partial charge in [-0.3, -0.25) is 4.99 Å². The third kappa shape index (κ3) is 7.53. The summed E-state index contributed by atoms with van der Waals surface area (Å²) in [7, 11) is 1.75. The Kier molecular flexibility index (Phi) is 10.4. The van der Waals surface area contributed by atoms with Crippen molar-refractivity contribution in [2.24, 2.45) is 4.99 Å². The van der Waals surface area contributed by atoms with Gasteiger partial charge in [-0.2, -0.15) is 0 Å². The molecule has 0 radical (unpaired) electrons. The van der Waals surface area contributed by atoms with E-state index in [0.717, 1.165) is 63.5 Å². The maximum absolute atomic E-state index is 13.2. The summed E-state index contributed by atoms with van der Waals surface area (Å²) in [6.07, 6.45) is 4.69. The van der Waals surface area contributed by atoms with Crippen molar-refractivity contribution >= 4 is 29.9 Å². The van der Waals surface area contributed by atoms with Gasteiger partial charge in [0.2, 0.25) is 0 Å². The van der Waals surface area contributed by atoms with E-state index in [2.05, 4.69) is 15.2 Å².